The molecule has 0 amide bonds. The van der Waals surface area contributed by atoms with Crippen LogP contribution in [0.25, 0.3) is 11.4 Å². The minimum atomic E-state index is -0.802. The van der Waals surface area contributed by atoms with Crippen LogP contribution in [0.5, 0.6) is 5.75 Å². The van der Waals surface area contributed by atoms with Gasteiger partial charge < -0.3 is 4.74 Å². The highest BCUT2D eigenvalue weighted by molar-refractivity contribution is 5.55. The zero-order valence-corrected chi connectivity index (χ0v) is 21.2. The fourth-order valence-electron chi connectivity index (χ4n) is 4.20. The molecule has 0 aliphatic carbocycles. The molecule has 2 unspecified atom stereocenters. The molecule has 3 nitrogen and oxygen atoms in total. The summed E-state index contributed by atoms with van der Waals surface area (Å²) >= 11 is 0. The van der Waals surface area contributed by atoms with Crippen LogP contribution in [0.4, 0.5) is 4.39 Å². The summed E-state index contributed by atoms with van der Waals surface area (Å²) in [7, 11) is 0. The highest BCUT2D eigenvalue weighted by Gasteiger charge is 2.10. The molecule has 0 N–H and O–H groups in total. The molecule has 1 aromatic heterocycles. The average Bonchev–Trinajstić information content (AvgIpc) is 2.83. The van der Waals surface area contributed by atoms with E-state index >= 15 is 0 Å². The summed E-state index contributed by atoms with van der Waals surface area (Å²) in [6.45, 7) is 7.00. The van der Waals surface area contributed by atoms with Crippen molar-refractivity contribution in [3.05, 3.63) is 42.2 Å². The number of rotatable bonds is 18. The van der Waals surface area contributed by atoms with Crippen molar-refractivity contribution in [2.45, 2.75) is 110 Å². The van der Waals surface area contributed by atoms with Gasteiger partial charge in [-0.15, -0.1) is 0 Å². The van der Waals surface area contributed by atoms with Gasteiger partial charge in [0.15, 0.2) is 11.6 Å². The Morgan fingerprint density at radius 1 is 0.788 bits per heavy atom. The number of nitrogens with zero attached hydrogens (tertiary/aromatic N) is 2. The van der Waals surface area contributed by atoms with E-state index in [9.17, 15) is 4.39 Å². The Balaban J connectivity index is 1.67. The van der Waals surface area contributed by atoms with Crippen LogP contribution >= 0.6 is 0 Å². The number of benzene rings is 1. The van der Waals surface area contributed by atoms with E-state index in [1.807, 2.05) is 0 Å². The fourth-order valence-corrected chi connectivity index (χ4v) is 4.20. The molecule has 33 heavy (non-hydrogen) atoms. The highest BCUT2D eigenvalue weighted by Crippen LogP contribution is 2.20. The smallest absolute Gasteiger partial charge is 0.159 e. The van der Waals surface area contributed by atoms with Gasteiger partial charge in [-0.05, 0) is 37.2 Å². The molecule has 0 radical (unpaired) electrons. The van der Waals surface area contributed by atoms with E-state index < -0.39 is 6.17 Å². The fraction of sp³-hybridized carbons (Fsp3) is 0.655. The predicted molar refractivity (Wildman–Crippen MR) is 137 cm³/mol. The molecular formula is C29H45FN2O. The van der Waals surface area contributed by atoms with Gasteiger partial charge in [0.25, 0.3) is 0 Å². The van der Waals surface area contributed by atoms with E-state index in [2.05, 4.69) is 55.0 Å². The average molecular weight is 457 g/mol. The van der Waals surface area contributed by atoms with Crippen LogP contribution in [0.3, 0.4) is 0 Å². The van der Waals surface area contributed by atoms with Crippen molar-refractivity contribution in [1.29, 1.82) is 0 Å². The Morgan fingerprint density at radius 2 is 1.45 bits per heavy atom. The lowest BCUT2D eigenvalue weighted by molar-refractivity contribution is 0.215. The molecule has 184 valence electrons. The number of aryl methyl sites for hydroxylation is 1. The van der Waals surface area contributed by atoms with Crippen molar-refractivity contribution in [3.63, 3.8) is 0 Å². The summed E-state index contributed by atoms with van der Waals surface area (Å²) in [5.74, 6) is 1.89. The standard InChI is InChI=1S/C29H45FN2O/c1-4-6-7-8-9-10-11-13-25-15-17-26(18-16-25)29-31-22-28(23-32-29)33-21-20-27(30)19-14-24(3)12-5-2/h15-18,22-24,27H,4-14,19-21H2,1-3H3. The molecule has 0 saturated carbocycles. The van der Waals surface area contributed by atoms with Crippen LogP contribution in [-0.4, -0.2) is 22.7 Å². The molecule has 2 rings (SSSR count). The second-order valence-electron chi connectivity index (χ2n) is 9.52. The highest BCUT2D eigenvalue weighted by atomic mass is 19.1. The first kappa shape index (κ1) is 27.3. The van der Waals surface area contributed by atoms with Gasteiger partial charge in [-0.3, -0.25) is 0 Å². The van der Waals surface area contributed by atoms with E-state index in [0.717, 1.165) is 18.4 Å². The number of aromatic nitrogens is 2. The van der Waals surface area contributed by atoms with Gasteiger partial charge in [0.2, 0.25) is 0 Å². The Morgan fingerprint density at radius 3 is 2.12 bits per heavy atom. The van der Waals surface area contributed by atoms with Gasteiger partial charge in [0.1, 0.15) is 6.17 Å². The molecule has 4 heteroatoms. The first-order chi connectivity index (χ1) is 16.1. The van der Waals surface area contributed by atoms with Crippen LogP contribution in [0.15, 0.2) is 36.7 Å². The van der Waals surface area contributed by atoms with Crippen molar-refractivity contribution in [3.8, 4) is 17.1 Å². The van der Waals surface area contributed by atoms with Gasteiger partial charge >= 0.3 is 0 Å². The zero-order valence-electron chi connectivity index (χ0n) is 21.2. The summed E-state index contributed by atoms with van der Waals surface area (Å²) in [6, 6.07) is 8.56. The van der Waals surface area contributed by atoms with Crippen LogP contribution in [0.2, 0.25) is 0 Å². The SMILES string of the molecule is CCCCCCCCCc1ccc(-c2ncc(OCCC(F)CCC(C)CCC)cn2)cc1. The molecule has 1 aromatic carbocycles. The molecule has 0 fully saturated rings. The summed E-state index contributed by atoms with van der Waals surface area (Å²) in [6.07, 6.45) is 17.4. The molecule has 1 heterocycles. The number of halogens is 1. The molecule has 0 aliphatic rings. The van der Waals surface area contributed by atoms with Gasteiger partial charge in [-0.1, -0.05) is 96.4 Å². The molecule has 2 atom stereocenters. The number of ether oxygens (including phenoxy) is 1. The van der Waals surface area contributed by atoms with Crippen LogP contribution in [0.1, 0.15) is 103 Å². The maximum atomic E-state index is 14.1. The lowest BCUT2D eigenvalue weighted by atomic mass is 9.98. The van der Waals surface area contributed by atoms with E-state index in [1.54, 1.807) is 12.4 Å². The van der Waals surface area contributed by atoms with Crippen LogP contribution in [0, 0.1) is 5.92 Å². The van der Waals surface area contributed by atoms with Gasteiger partial charge in [-0.25, -0.2) is 14.4 Å². The summed E-state index contributed by atoms with van der Waals surface area (Å²) in [5.41, 5.74) is 2.38. The zero-order chi connectivity index (χ0) is 23.7. The Bertz CT molecular complexity index is 732. The molecule has 2 aromatic rings. The Hall–Kier alpha value is -1.97. The molecule has 0 bridgehead atoms. The largest absolute Gasteiger partial charge is 0.490 e. The first-order valence-electron chi connectivity index (χ1n) is 13.3. The maximum absolute atomic E-state index is 14.1. The topological polar surface area (TPSA) is 35.0 Å². The lowest BCUT2D eigenvalue weighted by Crippen LogP contribution is -2.09. The van der Waals surface area contributed by atoms with Crippen LogP contribution in [-0.2, 0) is 6.42 Å². The van der Waals surface area contributed by atoms with Crippen molar-refractivity contribution in [2.24, 2.45) is 5.92 Å². The van der Waals surface area contributed by atoms with Crippen molar-refractivity contribution >= 4 is 0 Å². The lowest BCUT2D eigenvalue weighted by Gasteiger charge is -2.13. The predicted octanol–water partition coefficient (Wildman–Crippen LogP) is 8.76. The summed E-state index contributed by atoms with van der Waals surface area (Å²) < 4.78 is 19.7. The second kappa shape index (κ2) is 16.6. The Kier molecular flexibility index (Phi) is 13.7. The molecule has 0 saturated heterocycles. The quantitative estimate of drug-likeness (QED) is 0.210. The van der Waals surface area contributed by atoms with E-state index in [4.69, 9.17) is 4.74 Å². The monoisotopic (exact) mass is 456 g/mol. The number of hydrogen-bond acceptors (Lipinski definition) is 3. The number of hydrogen-bond donors (Lipinski definition) is 0. The van der Waals surface area contributed by atoms with Crippen molar-refractivity contribution in [1.82, 2.24) is 9.97 Å². The van der Waals surface area contributed by atoms with Gasteiger partial charge in [0, 0.05) is 12.0 Å². The third-order valence-electron chi connectivity index (χ3n) is 6.36. The maximum Gasteiger partial charge on any atom is 0.159 e. The molecule has 0 spiro atoms. The van der Waals surface area contributed by atoms with Gasteiger partial charge in [0.05, 0.1) is 19.0 Å². The van der Waals surface area contributed by atoms with E-state index in [0.29, 0.717) is 36.9 Å². The number of alkyl halides is 1. The second-order valence-corrected chi connectivity index (χ2v) is 9.52. The van der Waals surface area contributed by atoms with E-state index in [-0.39, 0.29) is 0 Å². The van der Waals surface area contributed by atoms with Crippen molar-refractivity contribution < 1.29 is 9.13 Å². The van der Waals surface area contributed by atoms with E-state index in [1.165, 1.54) is 63.4 Å². The third-order valence-corrected chi connectivity index (χ3v) is 6.36. The normalized spacial score (nSPS) is 13.1. The van der Waals surface area contributed by atoms with Crippen LogP contribution < -0.4 is 4.74 Å². The summed E-state index contributed by atoms with van der Waals surface area (Å²) in [4.78, 5) is 8.87. The molecular weight excluding hydrogens is 411 g/mol. The van der Waals surface area contributed by atoms with Crippen molar-refractivity contribution in [2.75, 3.05) is 6.61 Å². The third kappa shape index (κ3) is 11.6. The minimum absolute atomic E-state index is 0.360. The Labute approximate surface area is 201 Å². The minimum Gasteiger partial charge on any atom is -0.490 e. The first-order valence-corrected chi connectivity index (χ1v) is 13.3. The van der Waals surface area contributed by atoms with Gasteiger partial charge in [-0.2, -0.15) is 0 Å². The summed E-state index contributed by atoms with van der Waals surface area (Å²) in [5, 5.41) is 0. The number of unbranched alkanes of at least 4 members (excludes halogenated alkanes) is 6. The molecule has 0 aliphatic heterocycles.